The maximum absolute atomic E-state index is 12.7. The van der Waals surface area contributed by atoms with E-state index in [2.05, 4.69) is 6.58 Å². The molecule has 2 nitrogen and oxygen atoms in total. The van der Waals surface area contributed by atoms with Crippen LogP contribution in [0.5, 0.6) is 0 Å². The second-order valence-corrected chi connectivity index (χ2v) is 7.12. The Morgan fingerprint density at radius 1 is 1.19 bits per heavy atom. The molecule has 0 saturated heterocycles. The molecule has 0 heterocycles. The Balaban J connectivity index is 2.32. The van der Waals surface area contributed by atoms with Gasteiger partial charge in [-0.1, -0.05) is 54.6 Å². The smallest absolute Gasteiger partial charge is 0.179 e. The van der Waals surface area contributed by atoms with E-state index in [1.165, 1.54) is 0 Å². The molecule has 1 aromatic carbocycles. The van der Waals surface area contributed by atoms with Gasteiger partial charge in [-0.05, 0) is 30.6 Å². The van der Waals surface area contributed by atoms with Crippen molar-refractivity contribution in [1.29, 1.82) is 0 Å². The molecule has 1 aliphatic rings. The number of hydrogen-bond acceptors (Lipinski definition) is 2. The second kappa shape index (κ2) is 6.72. The molecule has 1 atom stereocenters. The lowest BCUT2D eigenvalue weighted by Gasteiger charge is -2.15. The highest BCUT2D eigenvalue weighted by atomic mass is 32.2. The SMILES string of the molecule is C=CC(CS(=O)(=O)C1=C(C)C=CCC=C1)c1ccccc1. The number of benzene rings is 1. The van der Waals surface area contributed by atoms with E-state index in [0.717, 1.165) is 17.6 Å². The monoisotopic (exact) mass is 300 g/mol. The van der Waals surface area contributed by atoms with Gasteiger partial charge in [0.05, 0.1) is 10.7 Å². The van der Waals surface area contributed by atoms with Crippen molar-refractivity contribution in [2.45, 2.75) is 19.3 Å². The minimum absolute atomic E-state index is 0.0470. The lowest BCUT2D eigenvalue weighted by molar-refractivity contribution is 0.599. The van der Waals surface area contributed by atoms with Crippen LogP contribution >= 0.6 is 0 Å². The number of rotatable bonds is 5. The Labute approximate surface area is 127 Å². The summed E-state index contributed by atoms with van der Waals surface area (Å²) in [6.07, 6.45) is 9.91. The molecule has 3 heteroatoms. The first-order valence-electron chi connectivity index (χ1n) is 6.99. The van der Waals surface area contributed by atoms with Crippen molar-refractivity contribution in [2.24, 2.45) is 0 Å². The normalized spacial score (nSPS) is 16.6. The molecule has 0 saturated carbocycles. The zero-order valence-corrected chi connectivity index (χ0v) is 13.0. The van der Waals surface area contributed by atoms with Gasteiger partial charge in [0.15, 0.2) is 9.84 Å². The van der Waals surface area contributed by atoms with E-state index in [9.17, 15) is 8.42 Å². The molecule has 0 amide bonds. The van der Waals surface area contributed by atoms with Gasteiger partial charge in [-0.25, -0.2) is 8.42 Å². The molecular formula is C18H20O2S. The van der Waals surface area contributed by atoms with Crippen LogP contribution < -0.4 is 0 Å². The minimum Gasteiger partial charge on any atom is -0.224 e. The van der Waals surface area contributed by atoms with E-state index in [-0.39, 0.29) is 11.7 Å². The van der Waals surface area contributed by atoms with E-state index in [1.54, 1.807) is 12.2 Å². The van der Waals surface area contributed by atoms with Crippen LogP contribution in [-0.2, 0) is 9.84 Å². The molecule has 0 aromatic heterocycles. The Morgan fingerprint density at radius 3 is 2.52 bits per heavy atom. The van der Waals surface area contributed by atoms with Crippen molar-refractivity contribution >= 4 is 9.84 Å². The number of hydrogen-bond donors (Lipinski definition) is 0. The van der Waals surface area contributed by atoms with E-state index < -0.39 is 9.84 Å². The third-order valence-electron chi connectivity index (χ3n) is 3.54. The van der Waals surface area contributed by atoms with Crippen LogP contribution in [0.25, 0.3) is 0 Å². The predicted octanol–water partition coefficient (Wildman–Crippen LogP) is 4.16. The first kappa shape index (κ1) is 15.5. The van der Waals surface area contributed by atoms with Gasteiger partial charge >= 0.3 is 0 Å². The third-order valence-corrected chi connectivity index (χ3v) is 5.47. The van der Waals surface area contributed by atoms with E-state index in [4.69, 9.17) is 0 Å². The fraction of sp³-hybridized carbons (Fsp3) is 0.222. The van der Waals surface area contributed by atoms with Crippen molar-refractivity contribution in [1.82, 2.24) is 0 Å². The average molecular weight is 300 g/mol. The summed E-state index contributed by atoms with van der Waals surface area (Å²) in [6, 6.07) is 9.62. The number of sulfone groups is 1. The Morgan fingerprint density at radius 2 is 1.86 bits per heavy atom. The highest BCUT2D eigenvalue weighted by molar-refractivity contribution is 7.95. The highest BCUT2D eigenvalue weighted by Crippen LogP contribution is 2.25. The van der Waals surface area contributed by atoms with Gasteiger partial charge in [-0.15, -0.1) is 6.58 Å². The largest absolute Gasteiger partial charge is 0.224 e. The average Bonchev–Trinajstić information content (AvgIpc) is 2.71. The quantitative estimate of drug-likeness (QED) is 0.765. The van der Waals surface area contributed by atoms with Crippen LogP contribution in [0.3, 0.4) is 0 Å². The first-order valence-corrected chi connectivity index (χ1v) is 8.64. The fourth-order valence-corrected chi connectivity index (χ4v) is 4.23. The van der Waals surface area contributed by atoms with Crippen LogP contribution in [0.2, 0.25) is 0 Å². The molecule has 110 valence electrons. The maximum atomic E-state index is 12.7. The van der Waals surface area contributed by atoms with Crippen LogP contribution in [0.1, 0.15) is 24.8 Å². The zero-order chi connectivity index (χ0) is 15.3. The van der Waals surface area contributed by atoms with Crippen LogP contribution in [0.15, 0.2) is 77.8 Å². The molecule has 0 fully saturated rings. The summed E-state index contributed by atoms with van der Waals surface area (Å²) in [6.45, 7) is 5.63. The lowest BCUT2D eigenvalue weighted by atomic mass is 10.0. The van der Waals surface area contributed by atoms with Gasteiger partial charge in [0.1, 0.15) is 0 Å². The summed E-state index contributed by atoms with van der Waals surface area (Å²) in [4.78, 5) is 0.416. The van der Waals surface area contributed by atoms with Gasteiger partial charge in [0, 0.05) is 5.92 Å². The lowest BCUT2D eigenvalue weighted by Crippen LogP contribution is -2.15. The molecule has 0 aliphatic heterocycles. The fourth-order valence-electron chi connectivity index (χ4n) is 2.39. The Bertz CT molecular complexity index is 692. The van der Waals surface area contributed by atoms with Crippen molar-refractivity contribution in [2.75, 3.05) is 5.75 Å². The first-order chi connectivity index (χ1) is 10.0. The summed E-state index contributed by atoms with van der Waals surface area (Å²) >= 11 is 0. The molecule has 1 aromatic rings. The van der Waals surface area contributed by atoms with E-state index in [1.807, 2.05) is 55.5 Å². The predicted molar refractivity (Wildman–Crippen MR) is 88.8 cm³/mol. The van der Waals surface area contributed by atoms with Crippen molar-refractivity contribution < 1.29 is 8.42 Å². The molecule has 1 aliphatic carbocycles. The Kier molecular flexibility index (Phi) is 4.97. The summed E-state index contributed by atoms with van der Waals surface area (Å²) in [5, 5.41) is 0. The van der Waals surface area contributed by atoms with E-state index >= 15 is 0 Å². The van der Waals surface area contributed by atoms with Crippen molar-refractivity contribution in [3.8, 4) is 0 Å². The Hall–Kier alpha value is -1.87. The van der Waals surface area contributed by atoms with Crippen LogP contribution in [0.4, 0.5) is 0 Å². The van der Waals surface area contributed by atoms with Gasteiger partial charge in [0.25, 0.3) is 0 Å². The minimum atomic E-state index is -3.35. The van der Waals surface area contributed by atoms with Crippen LogP contribution in [0, 0.1) is 0 Å². The molecule has 21 heavy (non-hydrogen) atoms. The maximum Gasteiger partial charge on any atom is 0.179 e. The van der Waals surface area contributed by atoms with Crippen molar-refractivity contribution in [3.05, 3.63) is 83.3 Å². The molecule has 0 radical (unpaired) electrons. The topological polar surface area (TPSA) is 34.1 Å². The van der Waals surface area contributed by atoms with Gasteiger partial charge in [-0.3, -0.25) is 0 Å². The standard InChI is InChI=1S/C18H20O2S/c1-3-16(17-11-7-5-8-12-17)14-21(19,20)18-13-9-4-6-10-15(18)2/h3,5-13,16H,1,4,14H2,2H3. The van der Waals surface area contributed by atoms with E-state index in [0.29, 0.717) is 4.91 Å². The van der Waals surface area contributed by atoms with Gasteiger partial charge in [0.2, 0.25) is 0 Å². The van der Waals surface area contributed by atoms with Crippen LogP contribution in [-0.4, -0.2) is 14.2 Å². The molecule has 0 bridgehead atoms. The summed E-state index contributed by atoms with van der Waals surface area (Å²) in [5.41, 5.74) is 1.77. The van der Waals surface area contributed by atoms with Gasteiger partial charge in [-0.2, -0.15) is 0 Å². The summed E-state index contributed by atoms with van der Waals surface area (Å²) in [5.74, 6) is -0.150. The zero-order valence-electron chi connectivity index (χ0n) is 12.2. The number of allylic oxidation sites excluding steroid dienone is 6. The molecule has 0 N–H and O–H groups in total. The van der Waals surface area contributed by atoms with Gasteiger partial charge < -0.3 is 0 Å². The second-order valence-electron chi connectivity index (χ2n) is 5.12. The molecule has 2 rings (SSSR count). The highest BCUT2D eigenvalue weighted by Gasteiger charge is 2.23. The molecule has 1 unspecified atom stereocenters. The van der Waals surface area contributed by atoms with Crippen molar-refractivity contribution in [3.63, 3.8) is 0 Å². The molecule has 0 spiro atoms. The molecular weight excluding hydrogens is 280 g/mol. The summed E-state index contributed by atoms with van der Waals surface area (Å²) in [7, 11) is -3.35. The third kappa shape index (κ3) is 3.82. The summed E-state index contributed by atoms with van der Waals surface area (Å²) < 4.78 is 25.4.